The van der Waals surface area contributed by atoms with Crippen LogP contribution in [0.5, 0.6) is 5.75 Å². The number of aliphatic imine (C=N–C) groups is 1. The van der Waals surface area contributed by atoms with Crippen molar-refractivity contribution >= 4 is 16.0 Å². The van der Waals surface area contributed by atoms with Gasteiger partial charge in [-0.3, -0.25) is 0 Å². The molecule has 0 heterocycles. The largest absolute Gasteiger partial charge is 0.489 e. The highest BCUT2D eigenvalue weighted by Gasteiger charge is 2.09. The summed E-state index contributed by atoms with van der Waals surface area (Å²) in [7, 11) is -3.72. The summed E-state index contributed by atoms with van der Waals surface area (Å²) in [4.78, 5) is 4.59. The van der Waals surface area contributed by atoms with Gasteiger partial charge in [0.05, 0.1) is 18.0 Å². The van der Waals surface area contributed by atoms with Crippen LogP contribution in [-0.4, -0.2) is 33.6 Å². The summed E-state index contributed by atoms with van der Waals surface area (Å²) in [6.07, 6.45) is -0.0589. The van der Waals surface area contributed by atoms with Gasteiger partial charge in [0.25, 0.3) is 0 Å². The molecule has 152 valence electrons. The number of rotatable bonds is 8. The topological polar surface area (TPSA) is 106 Å². The summed E-state index contributed by atoms with van der Waals surface area (Å²) < 4.78 is 28.9. The van der Waals surface area contributed by atoms with Crippen molar-refractivity contribution < 1.29 is 13.2 Å². The van der Waals surface area contributed by atoms with E-state index in [1.807, 2.05) is 51.1 Å². The first-order valence-electron chi connectivity index (χ1n) is 9.15. The van der Waals surface area contributed by atoms with Crippen molar-refractivity contribution in [3.63, 3.8) is 0 Å². The van der Waals surface area contributed by atoms with Crippen LogP contribution in [0, 0.1) is 6.92 Å². The highest BCUT2D eigenvalue weighted by atomic mass is 32.2. The second-order valence-corrected chi connectivity index (χ2v) is 8.07. The van der Waals surface area contributed by atoms with Crippen LogP contribution < -0.4 is 20.5 Å². The number of nitrogens with two attached hydrogens (primary N) is 1. The summed E-state index contributed by atoms with van der Waals surface area (Å²) in [6.45, 7) is 7.58. The van der Waals surface area contributed by atoms with Gasteiger partial charge in [-0.1, -0.05) is 24.3 Å². The Morgan fingerprint density at radius 3 is 2.61 bits per heavy atom. The van der Waals surface area contributed by atoms with Crippen LogP contribution in [0.15, 0.2) is 58.4 Å². The number of nitrogens with zero attached hydrogens (tertiary/aromatic N) is 1. The van der Waals surface area contributed by atoms with Crippen LogP contribution >= 0.6 is 0 Å². The summed E-state index contributed by atoms with van der Waals surface area (Å²) >= 11 is 0. The van der Waals surface area contributed by atoms with E-state index in [-0.39, 0.29) is 11.0 Å². The van der Waals surface area contributed by atoms with Gasteiger partial charge in [-0.2, -0.15) is 0 Å². The number of guanidine groups is 1. The van der Waals surface area contributed by atoms with Crippen LogP contribution in [0.2, 0.25) is 0 Å². The Hall–Kier alpha value is -2.58. The molecule has 1 atom stereocenters. The number of hydrogen-bond donors (Lipinski definition) is 3. The first-order valence-corrected chi connectivity index (χ1v) is 10.7. The molecule has 0 aliphatic rings. The average Bonchev–Trinajstić information content (AvgIpc) is 2.63. The quantitative estimate of drug-likeness (QED) is 0.462. The standard InChI is InChI=1S/C20H28N4O3S/c1-4-22-20(23-13-16(3)27-18-9-5-7-15(2)11-18)24-14-17-8-6-10-19(12-17)28(21,25)26/h5-12,16H,4,13-14H2,1-3H3,(H2,21,25,26)(H2,22,23,24). The molecule has 0 saturated carbocycles. The molecule has 8 heteroatoms. The molecule has 0 spiro atoms. The van der Waals surface area contributed by atoms with Crippen molar-refractivity contribution in [3.8, 4) is 5.75 Å². The minimum atomic E-state index is -3.72. The van der Waals surface area contributed by atoms with Crippen molar-refractivity contribution in [1.29, 1.82) is 0 Å². The molecule has 2 aromatic rings. The van der Waals surface area contributed by atoms with Gasteiger partial charge in [0.1, 0.15) is 11.9 Å². The van der Waals surface area contributed by atoms with E-state index in [2.05, 4.69) is 15.6 Å². The lowest BCUT2D eigenvalue weighted by atomic mass is 10.2. The number of ether oxygens (including phenoxy) is 1. The Morgan fingerprint density at radius 2 is 1.93 bits per heavy atom. The molecule has 0 fully saturated rings. The lowest BCUT2D eigenvalue weighted by Crippen LogP contribution is -2.41. The number of hydrogen-bond acceptors (Lipinski definition) is 4. The van der Waals surface area contributed by atoms with Crippen LogP contribution in [-0.2, 0) is 16.6 Å². The third-order valence-corrected chi connectivity index (χ3v) is 4.79. The Bertz CT molecular complexity index is 913. The fourth-order valence-electron chi connectivity index (χ4n) is 2.54. The fraction of sp³-hybridized carbons (Fsp3) is 0.350. The van der Waals surface area contributed by atoms with Crippen molar-refractivity contribution in [1.82, 2.24) is 10.6 Å². The summed E-state index contributed by atoms with van der Waals surface area (Å²) in [5, 5.41) is 11.6. The number of sulfonamides is 1. The highest BCUT2D eigenvalue weighted by Crippen LogP contribution is 2.14. The SMILES string of the molecule is CCNC(=NCc1cccc(S(N)(=O)=O)c1)NCC(C)Oc1cccc(C)c1. The third kappa shape index (κ3) is 7.21. The lowest BCUT2D eigenvalue weighted by Gasteiger charge is -2.18. The van der Waals surface area contributed by atoms with Gasteiger partial charge in [0.2, 0.25) is 10.0 Å². The Labute approximate surface area is 167 Å². The maximum absolute atomic E-state index is 11.5. The van der Waals surface area contributed by atoms with E-state index in [1.165, 1.54) is 12.1 Å². The fourth-order valence-corrected chi connectivity index (χ4v) is 3.12. The predicted molar refractivity (Wildman–Crippen MR) is 112 cm³/mol. The minimum absolute atomic E-state index is 0.0589. The first kappa shape index (κ1) is 21.7. The smallest absolute Gasteiger partial charge is 0.238 e. The zero-order valence-electron chi connectivity index (χ0n) is 16.5. The van der Waals surface area contributed by atoms with Gasteiger partial charge in [0, 0.05) is 6.54 Å². The van der Waals surface area contributed by atoms with Crippen LogP contribution in [0.4, 0.5) is 0 Å². The number of primary sulfonamides is 1. The lowest BCUT2D eigenvalue weighted by molar-refractivity contribution is 0.223. The first-order chi connectivity index (χ1) is 13.3. The highest BCUT2D eigenvalue weighted by molar-refractivity contribution is 7.89. The van der Waals surface area contributed by atoms with E-state index in [9.17, 15) is 8.42 Å². The van der Waals surface area contributed by atoms with Crippen LogP contribution in [0.1, 0.15) is 25.0 Å². The van der Waals surface area contributed by atoms with Gasteiger partial charge < -0.3 is 15.4 Å². The molecular formula is C20H28N4O3S. The molecule has 0 aromatic heterocycles. The van der Waals surface area contributed by atoms with Crippen molar-refractivity contribution in [2.45, 2.75) is 38.3 Å². The summed E-state index contributed by atoms with van der Waals surface area (Å²) in [6, 6.07) is 14.4. The predicted octanol–water partition coefficient (Wildman–Crippen LogP) is 2.17. The van der Waals surface area contributed by atoms with Crippen LogP contribution in [0.25, 0.3) is 0 Å². The second-order valence-electron chi connectivity index (χ2n) is 6.51. The molecule has 0 aliphatic heterocycles. The van der Waals surface area contributed by atoms with E-state index >= 15 is 0 Å². The molecular weight excluding hydrogens is 376 g/mol. The van der Waals surface area contributed by atoms with Gasteiger partial charge in [-0.25, -0.2) is 18.5 Å². The normalized spacial score (nSPS) is 13.1. The third-order valence-electron chi connectivity index (χ3n) is 3.87. The second kappa shape index (κ2) is 10.1. The molecule has 28 heavy (non-hydrogen) atoms. The molecule has 4 N–H and O–H groups in total. The summed E-state index contributed by atoms with van der Waals surface area (Å²) in [5.41, 5.74) is 1.90. The molecule has 2 aromatic carbocycles. The maximum Gasteiger partial charge on any atom is 0.238 e. The van der Waals surface area contributed by atoms with Gasteiger partial charge >= 0.3 is 0 Å². The molecule has 7 nitrogen and oxygen atoms in total. The molecule has 0 bridgehead atoms. The molecule has 1 unspecified atom stereocenters. The van der Waals surface area contributed by atoms with Gasteiger partial charge in [0.15, 0.2) is 5.96 Å². The minimum Gasteiger partial charge on any atom is -0.489 e. The van der Waals surface area contributed by atoms with E-state index in [0.717, 1.165) is 16.9 Å². The number of nitrogens with one attached hydrogen (secondary N) is 2. The molecule has 0 radical (unpaired) electrons. The monoisotopic (exact) mass is 404 g/mol. The maximum atomic E-state index is 11.5. The molecule has 0 amide bonds. The Morgan fingerprint density at radius 1 is 1.18 bits per heavy atom. The van der Waals surface area contributed by atoms with E-state index in [0.29, 0.717) is 25.6 Å². The van der Waals surface area contributed by atoms with Gasteiger partial charge in [-0.05, 0) is 56.2 Å². The Balaban J connectivity index is 1.96. The summed E-state index contributed by atoms with van der Waals surface area (Å²) in [5.74, 6) is 1.46. The van der Waals surface area contributed by atoms with E-state index in [4.69, 9.17) is 9.88 Å². The van der Waals surface area contributed by atoms with Crippen molar-refractivity contribution in [2.24, 2.45) is 10.1 Å². The van der Waals surface area contributed by atoms with Crippen molar-refractivity contribution in [2.75, 3.05) is 13.1 Å². The van der Waals surface area contributed by atoms with Crippen LogP contribution in [0.3, 0.4) is 0 Å². The van der Waals surface area contributed by atoms with E-state index in [1.54, 1.807) is 6.07 Å². The van der Waals surface area contributed by atoms with Crippen molar-refractivity contribution in [3.05, 3.63) is 59.7 Å². The number of aryl methyl sites for hydroxylation is 1. The molecule has 2 rings (SSSR count). The number of benzene rings is 2. The Kier molecular flexibility index (Phi) is 7.83. The molecule has 0 aliphatic carbocycles. The zero-order valence-corrected chi connectivity index (χ0v) is 17.3. The molecule has 0 saturated heterocycles. The van der Waals surface area contributed by atoms with Gasteiger partial charge in [-0.15, -0.1) is 0 Å². The van der Waals surface area contributed by atoms with E-state index < -0.39 is 10.0 Å². The average molecular weight is 405 g/mol. The zero-order chi connectivity index (χ0) is 20.6.